The Kier molecular flexibility index (Phi) is 5.86. The minimum absolute atomic E-state index is 0.195. The Labute approximate surface area is 211 Å². The molecule has 36 heavy (non-hydrogen) atoms. The average molecular weight is 486 g/mol. The smallest absolute Gasteiger partial charge is 0.340 e. The summed E-state index contributed by atoms with van der Waals surface area (Å²) in [6.07, 6.45) is 1.89. The molecule has 1 spiro atoms. The lowest BCUT2D eigenvalue weighted by atomic mass is 9.77. The molecular weight excluding hydrogens is 454 g/mol. The molecule has 5 rings (SSSR count). The van der Waals surface area contributed by atoms with Gasteiger partial charge in [-0.25, -0.2) is 4.79 Å². The lowest BCUT2D eigenvalue weighted by Crippen LogP contribution is -2.33. The number of hydrogen-bond acceptors (Lipinski definition) is 6. The molecule has 7 heteroatoms. The van der Waals surface area contributed by atoms with Crippen molar-refractivity contribution in [3.63, 3.8) is 0 Å². The fourth-order valence-electron chi connectivity index (χ4n) is 4.88. The van der Waals surface area contributed by atoms with Crippen LogP contribution in [0.3, 0.4) is 0 Å². The number of anilines is 2. The van der Waals surface area contributed by atoms with Crippen LogP contribution >= 0.6 is 0 Å². The maximum absolute atomic E-state index is 13.3. The molecule has 0 saturated carbocycles. The first-order valence-electron chi connectivity index (χ1n) is 12.2. The van der Waals surface area contributed by atoms with Crippen LogP contribution in [-0.4, -0.2) is 46.6 Å². The SMILES string of the molecule is CCCCNC(=O)c1ccc2c(c1)C(=O)OC21c2ccc(N(C)C)cc2Oc2cc(N(C)C)ccc21. The summed E-state index contributed by atoms with van der Waals surface area (Å²) in [5, 5.41) is 2.92. The molecule has 2 aliphatic heterocycles. The van der Waals surface area contributed by atoms with Crippen LogP contribution in [0, 0.1) is 0 Å². The van der Waals surface area contributed by atoms with E-state index in [0.717, 1.165) is 35.3 Å². The van der Waals surface area contributed by atoms with E-state index in [0.29, 0.717) is 34.7 Å². The average Bonchev–Trinajstić information content (AvgIpc) is 3.15. The molecule has 7 nitrogen and oxygen atoms in total. The predicted molar refractivity (Wildman–Crippen MR) is 141 cm³/mol. The molecule has 0 bridgehead atoms. The van der Waals surface area contributed by atoms with E-state index in [9.17, 15) is 9.59 Å². The van der Waals surface area contributed by atoms with Crippen LogP contribution in [0.15, 0.2) is 54.6 Å². The highest BCUT2D eigenvalue weighted by Crippen LogP contribution is 2.57. The predicted octanol–water partition coefficient (Wildman–Crippen LogP) is 4.92. The maximum atomic E-state index is 13.3. The van der Waals surface area contributed by atoms with Crippen molar-refractivity contribution < 1.29 is 19.1 Å². The van der Waals surface area contributed by atoms with Crippen LogP contribution in [0.2, 0.25) is 0 Å². The minimum atomic E-state index is -1.16. The standard InChI is InChI=1S/C29H31N3O4/c1-6-7-14-30-27(33)18-8-11-22-21(15-18)28(34)36-29(22)23-12-9-19(31(2)3)16-25(23)35-26-17-20(32(4)5)10-13-24(26)29/h8-13,15-17H,6-7,14H2,1-5H3,(H,30,33). The van der Waals surface area contributed by atoms with Crippen molar-refractivity contribution in [2.24, 2.45) is 0 Å². The van der Waals surface area contributed by atoms with E-state index in [1.165, 1.54) is 0 Å². The highest BCUT2D eigenvalue weighted by Gasteiger charge is 2.53. The third kappa shape index (κ3) is 3.66. The van der Waals surface area contributed by atoms with Crippen LogP contribution in [-0.2, 0) is 10.3 Å². The number of ether oxygens (including phenoxy) is 2. The summed E-state index contributed by atoms with van der Waals surface area (Å²) < 4.78 is 12.7. The second-order valence-electron chi connectivity index (χ2n) is 9.69. The number of benzene rings is 3. The zero-order valence-electron chi connectivity index (χ0n) is 21.3. The van der Waals surface area contributed by atoms with E-state index in [1.54, 1.807) is 12.1 Å². The summed E-state index contributed by atoms with van der Waals surface area (Å²) in [5.74, 6) is 0.609. The van der Waals surface area contributed by atoms with Crippen LogP contribution in [0.25, 0.3) is 0 Å². The van der Waals surface area contributed by atoms with E-state index >= 15 is 0 Å². The van der Waals surface area contributed by atoms with Gasteiger partial charge in [0.05, 0.1) is 5.56 Å². The van der Waals surface area contributed by atoms with Gasteiger partial charge < -0.3 is 24.6 Å². The van der Waals surface area contributed by atoms with E-state index in [-0.39, 0.29) is 5.91 Å². The molecule has 0 unspecified atom stereocenters. The Balaban J connectivity index is 1.69. The fourth-order valence-corrected chi connectivity index (χ4v) is 4.88. The Bertz CT molecular complexity index is 1310. The van der Waals surface area contributed by atoms with Gasteiger partial charge in [0.2, 0.25) is 0 Å². The van der Waals surface area contributed by atoms with Gasteiger partial charge in [-0.15, -0.1) is 0 Å². The summed E-state index contributed by atoms with van der Waals surface area (Å²) in [6, 6.07) is 17.1. The van der Waals surface area contributed by atoms with Gasteiger partial charge in [-0.1, -0.05) is 19.4 Å². The summed E-state index contributed by atoms with van der Waals surface area (Å²) in [5.41, 5.74) is 3.83. The molecule has 0 fully saturated rings. The number of carbonyl (C=O) groups is 2. The molecule has 1 N–H and O–H groups in total. The van der Waals surface area contributed by atoms with Crippen molar-refractivity contribution in [2.45, 2.75) is 25.4 Å². The Morgan fingerprint density at radius 1 is 0.861 bits per heavy atom. The molecule has 3 aromatic carbocycles. The van der Waals surface area contributed by atoms with Crippen molar-refractivity contribution in [1.82, 2.24) is 5.32 Å². The number of hydrogen-bond donors (Lipinski definition) is 1. The molecule has 0 aliphatic carbocycles. The monoisotopic (exact) mass is 485 g/mol. The van der Waals surface area contributed by atoms with Gasteiger partial charge in [-0.2, -0.15) is 0 Å². The number of nitrogens with zero attached hydrogens (tertiary/aromatic N) is 2. The largest absolute Gasteiger partial charge is 0.456 e. The van der Waals surface area contributed by atoms with Crippen LogP contribution in [0.4, 0.5) is 11.4 Å². The van der Waals surface area contributed by atoms with Gasteiger partial charge in [-0.05, 0) is 42.8 Å². The van der Waals surface area contributed by atoms with E-state index in [4.69, 9.17) is 9.47 Å². The Morgan fingerprint density at radius 2 is 1.44 bits per heavy atom. The van der Waals surface area contributed by atoms with Crippen LogP contribution < -0.4 is 19.9 Å². The second-order valence-corrected chi connectivity index (χ2v) is 9.69. The highest BCUT2D eigenvalue weighted by molar-refractivity contribution is 6.01. The number of esters is 1. The molecule has 1 amide bonds. The summed E-state index contributed by atoms with van der Waals surface area (Å²) in [4.78, 5) is 30.0. The summed E-state index contributed by atoms with van der Waals surface area (Å²) in [7, 11) is 7.87. The van der Waals surface area contributed by atoms with Gasteiger partial charge in [-0.3, -0.25) is 4.79 Å². The molecule has 0 atom stereocenters. The zero-order chi connectivity index (χ0) is 25.6. The number of unbranched alkanes of at least 4 members (excludes halogenated alkanes) is 1. The summed E-state index contributed by atoms with van der Waals surface area (Å²) in [6.45, 7) is 2.67. The van der Waals surface area contributed by atoms with Crippen molar-refractivity contribution in [3.8, 4) is 11.5 Å². The van der Waals surface area contributed by atoms with Crippen molar-refractivity contribution >= 4 is 23.3 Å². The summed E-state index contributed by atoms with van der Waals surface area (Å²) >= 11 is 0. The quantitative estimate of drug-likeness (QED) is 0.395. The lowest BCUT2D eigenvalue weighted by molar-refractivity contribution is 0.0224. The molecule has 0 radical (unpaired) electrons. The van der Waals surface area contributed by atoms with Crippen LogP contribution in [0.1, 0.15) is 57.2 Å². The van der Waals surface area contributed by atoms with Gasteiger partial charge in [0, 0.05) is 80.5 Å². The van der Waals surface area contributed by atoms with Gasteiger partial charge in [0.1, 0.15) is 11.5 Å². The Morgan fingerprint density at radius 3 is 2.00 bits per heavy atom. The van der Waals surface area contributed by atoms with Crippen molar-refractivity contribution in [3.05, 3.63) is 82.4 Å². The second kappa shape index (κ2) is 8.90. The lowest BCUT2D eigenvalue weighted by Gasteiger charge is -2.37. The molecular formula is C29H31N3O4. The first-order valence-corrected chi connectivity index (χ1v) is 12.2. The normalized spacial score (nSPS) is 14.3. The zero-order valence-corrected chi connectivity index (χ0v) is 21.3. The van der Waals surface area contributed by atoms with Gasteiger partial charge in [0.15, 0.2) is 5.60 Å². The van der Waals surface area contributed by atoms with E-state index < -0.39 is 11.6 Å². The minimum Gasteiger partial charge on any atom is -0.456 e. The fraction of sp³-hybridized carbons (Fsp3) is 0.310. The number of nitrogens with one attached hydrogen (secondary N) is 1. The number of amides is 1. The molecule has 2 aliphatic rings. The molecule has 2 heterocycles. The van der Waals surface area contributed by atoms with Crippen LogP contribution in [0.5, 0.6) is 11.5 Å². The number of rotatable bonds is 6. The Hall–Kier alpha value is -4.00. The molecule has 0 aromatic heterocycles. The van der Waals surface area contributed by atoms with Crippen molar-refractivity contribution in [2.75, 3.05) is 44.5 Å². The first-order chi connectivity index (χ1) is 17.3. The van der Waals surface area contributed by atoms with Gasteiger partial charge in [0.25, 0.3) is 5.91 Å². The molecule has 3 aromatic rings. The van der Waals surface area contributed by atoms with E-state index in [2.05, 4.69) is 12.2 Å². The van der Waals surface area contributed by atoms with E-state index in [1.807, 2.05) is 80.5 Å². The van der Waals surface area contributed by atoms with Gasteiger partial charge >= 0.3 is 5.97 Å². The third-order valence-electron chi connectivity index (χ3n) is 6.88. The number of fused-ring (bicyclic) bond motifs is 6. The first kappa shape index (κ1) is 23.7. The highest BCUT2D eigenvalue weighted by atomic mass is 16.6. The maximum Gasteiger partial charge on any atom is 0.340 e. The van der Waals surface area contributed by atoms with Crippen molar-refractivity contribution in [1.29, 1.82) is 0 Å². The third-order valence-corrected chi connectivity index (χ3v) is 6.88. The number of carbonyl (C=O) groups excluding carboxylic acids is 2. The topological polar surface area (TPSA) is 71.1 Å². The molecule has 0 saturated heterocycles. The molecule has 186 valence electrons.